The molecule has 4 aromatic rings. The van der Waals surface area contributed by atoms with E-state index in [1.54, 1.807) is 36.4 Å². The van der Waals surface area contributed by atoms with Gasteiger partial charge in [-0.05, 0) is 35.9 Å². The number of hydrogen-bond donors (Lipinski definition) is 1. The average Bonchev–Trinajstić information content (AvgIpc) is 3.03. The van der Waals surface area contributed by atoms with Crippen molar-refractivity contribution in [3.8, 4) is 11.3 Å². The zero-order valence-corrected chi connectivity index (χ0v) is 16.0. The molecule has 0 unspecified atom stereocenters. The van der Waals surface area contributed by atoms with Gasteiger partial charge in [0.15, 0.2) is 4.90 Å². The maximum Gasteiger partial charge on any atom is 0.274 e. The minimum absolute atomic E-state index is 0.119. The summed E-state index contributed by atoms with van der Waals surface area (Å²) in [7, 11) is -4.22. The molecule has 2 aromatic heterocycles. The Kier molecular flexibility index (Phi) is 4.34. The van der Waals surface area contributed by atoms with Crippen molar-refractivity contribution < 1.29 is 8.42 Å². The summed E-state index contributed by atoms with van der Waals surface area (Å²) in [4.78, 5) is 14.1. The van der Waals surface area contributed by atoms with Gasteiger partial charge >= 0.3 is 0 Å². The molecular formula is C19H12Cl2N2O3S. The van der Waals surface area contributed by atoms with Crippen LogP contribution in [0.1, 0.15) is 0 Å². The Hall–Kier alpha value is -2.54. The highest BCUT2D eigenvalue weighted by Gasteiger charge is 2.26. The number of aromatic nitrogens is 2. The molecule has 0 bridgehead atoms. The highest BCUT2D eigenvalue weighted by Crippen LogP contribution is 2.33. The Morgan fingerprint density at radius 2 is 1.63 bits per heavy atom. The number of pyridine rings is 1. The molecule has 0 aliphatic rings. The SMILES string of the molecule is O=c1[nH]cc(Cl)cc1S(=O)(=O)n1c(-c2ccccc2)cc2cc(Cl)ccc21. The molecule has 1 N–H and O–H groups in total. The highest BCUT2D eigenvalue weighted by atomic mass is 35.5. The molecule has 2 aromatic carbocycles. The number of fused-ring (bicyclic) bond motifs is 1. The van der Waals surface area contributed by atoms with E-state index in [0.717, 1.165) is 10.0 Å². The van der Waals surface area contributed by atoms with Gasteiger partial charge in [0.05, 0.1) is 16.2 Å². The van der Waals surface area contributed by atoms with Crippen LogP contribution in [0.2, 0.25) is 10.0 Å². The molecule has 0 fully saturated rings. The molecule has 0 aliphatic carbocycles. The van der Waals surface area contributed by atoms with E-state index in [9.17, 15) is 13.2 Å². The summed E-state index contributed by atoms with van der Waals surface area (Å²) in [6.07, 6.45) is 1.24. The second kappa shape index (κ2) is 6.56. The van der Waals surface area contributed by atoms with Crippen LogP contribution in [0.4, 0.5) is 0 Å². The number of rotatable bonds is 3. The summed E-state index contributed by atoms with van der Waals surface area (Å²) in [5.41, 5.74) is 0.783. The van der Waals surface area contributed by atoms with Crippen molar-refractivity contribution in [1.29, 1.82) is 0 Å². The van der Waals surface area contributed by atoms with Crippen LogP contribution in [0.3, 0.4) is 0 Å². The van der Waals surface area contributed by atoms with Crippen LogP contribution >= 0.6 is 23.2 Å². The van der Waals surface area contributed by atoms with E-state index >= 15 is 0 Å². The zero-order valence-electron chi connectivity index (χ0n) is 13.7. The van der Waals surface area contributed by atoms with Crippen LogP contribution in [0.5, 0.6) is 0 Å². The van der Waals surface area contributed by atoms with E-state index in [1.165, 1.54) is 6.20 Å². The fourth-order valence-electron chi connectivity index (χ4n) is 2.96. The first kappa shape index (κ1) is 17.9. The van der Waals surface area contributed by atoms with E-state index in [-0.39, 0.29) is 5.02 Å². The Labute approximate surface area is 164 Å². The Morgan fingerprint density at radius 3 is 2.37 bits per heavy atom. The number of H-pyrrole nitrogens is 1. The Balaban J connectivity index is 2.11. The van der Waals surface area contributed by atoms with Crippen molar-refractivity contribution >= 4 is 44.1 Å². The quantitative estimate of drug-likeness (QED) is 0.530. The van der Waals surface area contributed by atoms with Gasteiger partial charge < -0.3 is 4.98 Å². The predicted molar refractivity (Wildman–Crippen MR) is 107 cm³/mol. The fourth-order valence-corrected chi connectivity index (χ4v) is 4.98. The first-order chi connectivity index (χ1) is 12.9. The van der Waals surface area contributed by atoms with Crippen molar-refractivity contribution in [2.24, 2.45) is 0 Å². The highest BCUT2D eigenvalue weighted by molar-refractivity contribution is 7.90. The van der Waals surface area contributed by atoms with Crippen LogP contribution in [-0.2, 0) is 10.0 Å². The van der Waals surface area contributed by atoms with Crippen molar-refractivity contribution in [2.45, 2.75) is 4.90 Å². The molecule has 0 amide bonds. The standard InChI is InChI=1S/C19H12Cl2N2O3S/c20-14-6-7-16-13(8-14)9-17(12-4-2-1-3-5-12)23(16)27(25,26)18-10-15(21)11-22-19(18)24/h1-11H,(H,22,24). The third kappa shape index (κ3) is 3.06. The number of halogens is 2. The first-order valence-corrected chi connectivity index (χ1v) is 10.1. The lowest BCUT2D eigenvalue weighted by molar-refractivity contribution is 0.588. The molecule has 0 radical (unpaired) electrons. The molecule has 0 atom stereocenters. The molecule has 0 saturated carbocycles. The van der Waals surface area contributed by atoms with Crippen molar-refractivity contribution in [1.82, 2.24) is 8.96 Å². The van der Waals surface area contributed by atoms with Crippen molar-refractivity contribution in [2.75, 3.05) is 0 Å². The normalized spacial score (nSPS) is 11.8. The van der Waals surface area contributed by atoms with Gasteiger partial charge in [-0.25, -0.2) is 12.4 Å². The third-order valence-electron chi connectivity index (χ3n) is 4.14. The molecule has 5 nitrogen and oxygen atoms in total. The largest absolute Gasteiger partial charge is 0.326 e. The third-order valence-corrected chi connectivity index (χ3v) is 6.33. The zero-order chi connectivity index (χ0) is 19.2. The second-order valence-electron chi connectivity index (χ2n) is 5.88. The monoisotopic (exact) mass is 418 g/mol. The molecule has 0 spiro atoms. The summed E-state index contributed by atoms with van der Waals surface area (Å²) in [5.74, 6) is 0. The predicted octanol–water partition coefficient (Wildman–Crippen LogP) is 4.54. The van der Waals surface area contributed by atoms with Gasteiger partial charge in [-0.15, -0.1) is 0 Å². The molecule has 8 heteroatoms. The van der Waals surface area contributed by atoms with Crippen LogP contribution < -0.4 is 5.56 Å². The lowest BCUT2D eigenvalue weighted by Crippen LogP contribution is -2.23. The smallest absolute Gasteiger partial charge is 0.274 e. The summed E-state index contributed by atoms with van der Waals surface area (Å²) < 4.78 is 28.0. The van der Waals surface area contributed by atoms with Gasteiger partial charge in [-0.3, -0.25) is 4.79 Å². The van der Waals surface area contributed by atoms with E-state index in [2.05, 4.69) is 4.98 Å². The van der Waals surface area contributed by atoms with Gasteiger partial charge in [-0.1, -0.05) is 53.5 Å². The lowest BCUT2D eigenvalue weighted by atomic mass is 10.1. The van der Waals surface area contributed by atoms with Crippen molar-refractivity contribution in [3.63, 3.8) is 0 Å². The van der Waals surface area contributed by atoms with Crippen LogP contribution in [-0.4, -0.2) is 17.4 Å². The van der Waals surface area contributed by atoms with Crippen LogP contribution in [0.25, 0.3) is 22.2 Å². The molecule has 2 heterocycles. The molecule has 0 aliphatic heterocycles. The van der Waals surface area contributed by atoms with E-state index in [4.69, 9.17) is 23.2 Å². The summed E-state index contributed by atoms with van der Waals surface area (Å²) in [6.45, 7) is 0. The Bertz CT molecular complexity index is 1330. The molecule has 136 valence electrons. The van der Waals surface area contributed by atoms with E-state index < -0.39 is 20.5 Å². The summed E-state index contributed by atoms with van der Waals surface area (Å²) >= 11 is 12.0. The second-order valence-corrected chi connectivity index (χ2v) is 8.51. The maximum absolute atomic E-state index is 13.4. The Morgan fingerprint density at radius 1 is 0.889 bits per heavy atom. The summed E-state index contributed by atoms with van der Waals surface area (Å²) in [6, 6.07) is 16.8. The van der Waals surface area contributed by atoms with Crippen LogP contribution in [0.15, 0.2) is 76.6 Å². The number of benzene rings is 2. The minimum Gasteiger partial charge on any atom is -0.326 e. The van der Waals surface area contributed by atoms with Gasteiger partial charge in [-0.2, -0.15) is 0 Å². The van der Waals surface area contributed by atoms with Gasteiger partial charge in [0.1, 0.15) is 0 Å². The molecule has 0 saturated heterocycles. The minimum atomic E-state index is -4.22. The van der Waals surface area contributed by atoms with Gasteiger partial charge in [0.2, 0.25) is 0 Å². The molecule has 4 rings (SSSR count). The van der Waals surface area contributed by atoms with Gasteiger partial charge in [0.25, 0.3) is 15.6 Å². The number of nitrogens with zero attached hydrogens (tertiary/aromatic N) is 1. The topological polar surface area (TPSA) is 71.9 Å². The summed E-state index contributed by atoms with van der Waals surface area (Å²) in [5, 5.41) is 1.24. The number of hydrogen-bond acceptors (Lipinski definition) is 3. The van der Waals surface area contributed by atoms with Gasteiger partial charge in [0, 0.05) is 16.6 Å². The fraction of sp³-hybridized carbons (Fsp3) is 0. The first-order valence-electron chi connectivity index (χ1n) is 7.88. The molecular weight excluding hydrogens is 407 g/mol. The number of nitrogens with one attached hydrogen (secondary N) is 1. The average molecular weight is 419 g/mol. The molecule has 27 heavy (non-hydrogen) atoms. The van der Waals surface area contributed by atoms with Crippen LogP contribution in [0, 0.1) is 0 Å². The number of aromatic amines is 1. The lowest BCUT2D eigenvalue weighted by Gasteiger charge is -2.12. The van der Waals surface area contributed by atoms with E-state index in [0.29, 0.717) is 27.2 Å². The maximum atomic E-state index is 13.4. The van der Waals surface area contributed by atoms with E-state index in [1.807, 2.05) is 18.2 Å². The van der Waals surface area contributed by atoms with Crippen molar-refractivity contribution in [3.05, 3.63) is 87.3 Å².